The second kappa shape index (κ2) is 6.04. The predicted octanol–water partition coefficient (Wildman–Crippen LogP) is 3.37. The van der Waals surface area contributed by atoms with E-state index < -0.39 is 0 Å². The standard InChI is InChI=1S/C16H17BrN4O/c1-11(2)3-6-20-7-4-12(9-15(20)22)14-5-8-21-16(19-14)13(17)10-18-21/h4-5,7-11H,3,6H2,1-2H3. The van der Waals surface area contributed by atoms with Crippen LogP contribution in [0.2, 0.25) is 0 Å². The van der Waals surface area contributed by atoms with Crippen molar-refractivity contribution in [3.8, 4) is 11.3 Å². The number of hydrogen-bond donors (Lipinski definition) is 0. The van der Waals surface area contributed by atoms with Gasteiger partial charge in [0, 0.05) is 30.6 Å². The summed E-state index contributed by atoms with van der Waals surface area (Å²) in [5, 5.41) is 4.17. The molecule has 0 amide bonds. The van der Waals surface area contributed by atoms with Crippen LogP contribution in [0.15, 0.2) is 46.1 Å². The molecule has 0 saturated carbocycles. The number of aromatic nitrogens is 4. The normalized spacial score (nSPS) is 11.5. The first-order valence-corrected chi connectivity index (χ1v) is 8.04. The van der Waals surface area contributed by atoms with E-state index in [1.807, 2.05) is 24.5 Å². The second-order valence-corrected chi connectivity index (χ2v) is 6.56. The van der Waals surface area contributed by atoms with Crippen molar-refractivity contribution in [2.75, 3.05) is 0 Å². The summed E-state index contributed by atoms with van der Waals surface area (Å²) >= 11 is 3.42. The fourth-order valence-electron chi connectivity index (χ4n) is 2.25. The van der Waals surface area contributed by atoms with Crippen molar-refractivity contribution in [1.82, 2.24) is 19.2 Å². The molecule has 0 aliphatic heterocycles. The summed E-state index contributed by atoms with van der Waals surface area (Å²) in [6.07, 6.45) is 6.38. The van der Waals surface area contributed by atoms with Crippen LogP contribution < -0.4 is 5.56 Å². The van der Waals surface area contributed by atoms with E-state index in [1.54, 1.807) is 21.3 Å². The lowest BCUT2D eigenvalue weighted by Gasteiger charge is -2.09. The molecule has 0 saturated heterocycles. The molecule has 0 bridgehead atoms. The first kappa shape index (κ1) is 15.0. The van der Waals surface area contributed by atoms with Gasteiger partial charge in [-0.05, 0) is 40.4 Å². The molecule has 0 aliphatic rings. The summed E-state index contributed by atoms with van der Waals surface area (Å²) in [5.41, 5.74) is 2.33. The first-order valence-electron chi connectivity index (χ1n) is 7.25. The molecule has 0 fully saturated rings. The monoisotopic (exact) mass is 360 g/mol. The van der Waals surface area contributed by atoms with Gasteiger partial charge in [0.25, 0.3) is 5.56 Å². The van der Waals surface area contributed by atoms with E-state index >= 15 is 0 Å². The van der Waals surface area contributed by atoms with E-state index in [4.69, 9.17) is 0 Å². The Morgan fingerprint density at radius 3 is 2.82 bits per heavy atom. The van der Waals surface area contributed by atoms with Crippen LogP contribution in [0.3, 0.4) is 0 Å². The van der Waals surface area contributed by atoms with Crippen LogP contribution >= 0.6 is 15.9 Å². The Hall–Kier alpha value is -1.95. The van der Waals surface area contributed by atoms with Gasteiger partial charge in [0.05, 0.1) is 16.4 Å². The molecule has 0 radical (unpaired) electrons. The molecule has 3 rings (SSSR count). The van der Waals surface area contributed by atoms with Crippen molar-refractivity contribution < 1.29 is 0 Å². The fraction of sp³-hybridized carbons (Fsp3) is 0.312. The minimum absolute atomic E-state index is 0.00685. The Kier molecular flexibility index (Phi) is 4.11. The molecule has 0 atom stereocenters. The third-order valence-electron chi connectivity index (χ3n) is 3.57. The Bertz CT molecular complexity index is 866. The third kappa shape index (κ3) is 2.97. The van der Waals surface area contributed by atoms with Crippen molar-refractivity contribution in [2.24, 2.45) is 5.92 Å². The number of nitrogens with zero attached hydrogens (tertiary/aromatic N) is 4. The Morgan fingerprint density at radius 2 is 2.09 bits per heavy atom. The maximum atomic E-state index is 12.2. The zero-order valence-corrected chi connectivity index (χ0v) is 14.1. The third-order valence-corrected chi connectivity index (χ3v) is 4.12. The van der Waals surface area contributed by atoms with E-state index in [0.29, 0.717) is 5.92 Å². The van der Waals surface area contributed by atoms with Crippen molar-refractivity contribution >= 4 is 21.6 Å². The molecule has 0 aliphatic carbocycles. The van der Waals surface area contributed by atoms with Crippen LogP contribution in [0.5, 0.6) is 0 Å². The Morgan fingerprint density at radius 1 is 1.27 bits per heavy atom. The van der Waals surface area contributed by atoms with Crippen molar-refractivity contribution in [1.29, 1.82) is 0 Å². The predicted molar refractivity (Wildman–Crippen MR) is 89.8 cm³/mol. The second-order valence-electron chi connectivity index (χ2n) is 5.70. The van der Waals surface area contributed by atoms with Gasteiger partial charge < -0.3 is 4.57 Å². The lowest BCUT2D eigenvalue weighted by atomic mass is 10.1. The van der Waals surface area contributed by atoms with Crippen LogP contribution in [0.1, 0.15) is 20.3 Å². The van der Waals surface area contributed by atoms with Crippen LogP contribution in [-0.2, 0) is 6.54 Å². The van der Waals surface area contributed by atoms with Crippen LogP contribution in [0.4, 0.5) is 0 Å². The average Bonchev–Trinajstić information content (AvgIpc) is 2.87. The smallest absolute Gasteiger partial charge is 0.251 e. The molecule has 5 nitrogen and oxygen atoms in total. The molecular weight excluding hydrogens is 344 g/mol. The van der Waals surface area contributed by atoms with Gasteiger partial charge in [0.2, 0.25) is 0 Å². The molecule has 0 spiro atoms. The van der Waals surface area contributed by atoms with Gasteiger partial charge in [-0.1, -0.05) is 13.8 Å². The summed E-state index contributed by atoms with van der Waals surface area (Å²) in [6.45, 7) is 5.06. The summed E-state index contributed by atoms with van der Waals surface area (Å²) in [7, 11) is 0. The highest BCUT2D eigenvalue weighted by Gasteiger charge is 2.07. The first-order chi connectivity index (χ1) is 10.5. The van der Waals surface area contributed by atoms with Gasteiger partial charge in [-0.2, -0.15) is 5.10 Å². The number of halogens is 1. The molecular formula is C16H17BrN4O. The molecule has 22 heavy (non-hydrogen) atoms. The molecule has 0 unspecified atom stereocenters. The zero-order chi connectivity index (χ0) is 15.7. The van der Waals surface area contributed by atoms with Gasteiger partial charge in [-0.3, -0.25) is 4.79 Å². The molecule has 3 heterocycles. The van der Waals surface area contributed by atoms with Crippen molar-refractivity contribution in [2.45, 2.75) is 26.8 Å². The highest BCUT2D eigenvalue weighted by molar-refractivity contribution is 9.10. The number of aryl methyl sites for hydroxylation is 1. The quantitative estimate of drug-likeness (QED) is 0.716. The fourth-order valence-corrected chi connectivity index (χ4v) is 2.61. The van der Waals surface area contributed by atoms with Gasteiger partial charge in [0.15, 0.2) is 5.65 Å². The van der Waals surface area contributed by atoms with Crippen LogP contribution in [0.25, 0.3) is 16.9 Å². The lowest BCUT2D eigenvalue weighted by molar-refractivity contribution is 0.508. The van der Waals surface area contributed by atoms with E-state index in [0.717, 1.165) is 34.3 Å². The Balaban J connectivity index is 1.95. The van der Waals surface area contributed by atoms with Crippen LogP contribution in [-0.4, -0.2) is 19.2 Å². The minimum Gasteiger partial charge on any atom is -0.315 e. The number of fused-ring (bicyclic) bond motifs is 1. The lowest BCUT2D eigenvalue weighted by Crippen LogP contribution is -2.19. The summed E-state index contributed by atoms with van der Waals surface area (Å²) in [5.74, 6) is 0.579. The minimum atomic E-state index is 0.00685. The van der Waals surface area contributed by atoms with E-state index in [2.05, 4.69) is 39.9 Å². The van der Waals surface area contributed by atoms with E-state index in [1.165, 1.54) is 0 Å². The van der Waals surface area contributed by atoms with Gasteiger partial charge in [-0.15, -0.1) is 0 Å². The molecule has 0 aromatic carbocycles. The molecule has 3 aromatic heterocycles. The van der Waals surface area contributed by atoms with Gasteiger partial charge >= 0.3 is 0 Å². The molecule has 6 heteroatoms. The summed E-state index contributed by atoms with van der Waals surface area (Å²) in [6, 6.07) is 5.44. The highest BCUT2D eigenvalue weighted by Crippen LogP contribution is 2.20. The summed E-state index contributed by atoms with van der Waals surface area (Å²) in [4.78, 5) is 16.8. The largest absolute Gasteiger partial charge is 0.315 e. The van der Waals surface area contributed by atoms with E-state index in [9.17, 15) is 4.79 Å². The topological polar surface area (TPSA) is 52.2 Å². The van der Waals surface area contributed by atoms with Crippen molar-refractivity contribution in [3.05, 3.63) is 51.6 Å². The molecule has 114 valence electrons. The van der Waals surface area contributed by atoms with Crippen LogP contribution in [0, 0.1) is 5.92 Å². The van der Waals surface area contributed by atoms with Crippen molar-refractivity contribution in [3.63, 3.8) is 0 Å². The molecule has 3 aromatic rings. The highest BCUT2D eigenvalue weighted by atomic mass is 79.9. The maximum absolute atomic E-state index is 12.2. The van der Waals surface area contributed by atoms with E-state index in [-0.39, 0.29) is 5.56 Å². The molecule has 0 N–H and O–H groups in total. The number of hydrogen-bond acceptors (Lipinski definition) is 3. The number of rotatable bonds is 4. The zero-order valence-electron chi connectivity index (χ0n) is 12.5. The van der Waals surface area contributed by atoms with Gasteiger partial charge in [0.1, 0.15) is 0 Å². The average molecular weight is 361 g/mol. The SMILES string of the molecule is CC(C)CCn1ccc(-c2ccn3ncc(Br)c3n2)cc1=O. The number of pyridine rings is 1. The Labute approximate surface area is 136 Å². The maximum Gasteiger partial charge on any atom is 0.251 e. The van der Waals surface area contributed by atoms with Gasteiger partial charge in [-0.25, -0.2) is 9.50 Å². The summed E-state index contributed by atoms with van der Waals surface area (Å²) < 4.78 is 4.27.